The number of aryl methyl sites for hydroxylation is 1. The van der Waals surface area contributed by atoms with Gasteiger partial charge < -0.3 is 10.2 Å². The first-order chi connectivity index (χ1) is 11.7. The molecule has 24 heavy (non-hydrogen) atoms. The van der Waals surface area contributed by atoms with Gasteiger partial charge in [-0.15, -0.1) is 0 Å². The average Bonchev–Trinajstić information content (AvgIpc) is 3.01. The molecule has 2 aliphatic carbocycles. The van der Waals surface area contributed by atoms with Crippen LogP contribution in [0.4, 0.5) is 0 Å². The van der Waals surface area contributed by atoms with Gasteiger partial charge in [0.05, 0.1) is 5.56 Å². The van der Waals surface area contributed by atoms with Crippen LogP contribution in [0.1, 0.15) is 54.6 Å². The molecule has 0 radical (unpaired) electrons. The quantitative estimate of drug-likeness (QED) is 0.873. The summed E-state index contributed by atoms with van der Waals surface area (Å²) in [5.41, 5.74) is 1.63. The van der Waals surface area contributed by atoms with Gasteiger partial charge in [0, 0.05) is 31.0 Å². The van der Waals surface area contributed by atoms with E-state index in [1.807, 2.05) is 19.1 Å². The molecule has 1 aromatic heterocycles. The third-order valence-electron chi connectivity index (χ3n) is 6.30. The van der Waals surface area contributed by atoms with Crippen LogP contribution in [0.25, 0.3) is 0 Å². The maximum Gasteiger partial charge on any atom is 0.253 e. The molecule has 1 aliphatic heterocycles. The van der Waals surface area contributed by atoms with Crippen LogP contribution in [0.5, 0.6) is 0 Å². The second-order valence-electron chi connectivity index (χ2n) is 8.07. The average molecular weight is 327 g/mol. The first-order valence-electron chi connectivity index (χ1n) is 9.66. The zero-order valence-corrected chi connectivity index (χ0v) is 14.7. The van der Waals surface area contributed by atoms with E-state index in [2.05, 4.69) is 15.2 Å². The van der Waals surface area contributed by atoms with Gasteiger partial charge in [-0.3, -0.25) is 9.78 Å². The van der Waals surface area contributed by atoms with Crippen LogP contribution in [-0.4, -0.2) is 41.5 Å². The number of hydrogen-bond donors (Lipinski definition) is 1. The Morgan fingerprint density at radius 3 is 2.67 bits per heavy atom. The van der Waals surface area contributed by atoms with E-state index in [9.17, 15) is 4.79 Å². The number of carbonyl (C=O) groups excluding carboxylic acids is 1. The fraction of sp³-hybridized carbons (Fsp3) is 0.700. The van der Waals surface area contributed by atoms with Crippen molar-refractivity contribution in [2.45, 2.75) is 51.5 Å². The summed E-state index contributed by atoms with van der Waals surface area (Å²) in [4.78, 5) is 19.1. The van der Waals surface area contributed by atoms with Crippen molar-refractivity contribution in [1.82, 2.24) is 15.2 Å². The number of fused-ring (bicyclic) bond motifs is 1. The third-order valence-corrected chi connectivity index (χ3v) is 6.30. The molecule has 130 valence electrons. The fourth-order valence-electron chi connectivity index (χ4n) is 4.75. The Hall–Kier alpha value is -1.42. The van der Waals surface area contributed by atoms with Gasteiger partial charge >= 0.3 is 0 Å². The lowest BCUT2D eigenvalue weighted by Crippen LogP contribution is -2.35. The van der Waals surface area contributed by atoms with Crippen LogP contribution in [0, 0.1) is 24.7 Å². The number of nitrogens with one attached hydrogen (secondary N) is 1. The largest absolute Gasteiger partial charge is 0.349 e. The second kappa shape index (κ2) is 6.83. The minimum absolute atomic E-state index is 0.0367. The van der Waals surface area contributed by atoms with Gasteiger partial charge in [0.2, 0.25) is 0 Å². The van der Waals surface area contributed by atoms with Crippen molar-refractivity contribution < 1.29 is 4.79 Å². The molecule has 0 spiro atoms. The maximum absolute atomic E-state index is 12.3. The molecule has 0 bridgehead atoms. The number of nitrogens with zero attached hydrogens (tertiary/aromatic N) is 2. The van der Waals surface area contributed by atoms with Crippen LogP contribution in [0.15, 0.2) is 18.3 Å². The normalized spacial score (nSPS) is 29.6. The fourth-order valence-corrected chi connectivity index (χ4v) is 4.75. The summed E-state index contributed by atoms with van der Waals surface area (Å²) in [5, 5.41) is 3.21. The highest BCUT2D eigenvalue weighted by molar-refractivity contribution is 5.94. The zero-order chi connectivity index (χ0) is 16.5. The highest BCUT2D eigenvalue weighted by atomic mass is 16.1. The Morgan fingerprint density at radius 1 is 1.25 bits per heavy atom. The van der Waals surface area contributed by atoms with Crippen LogP contribution in [-0.2, 0) is 0 Å². The van der Waals surface area contributed by atoms with Gasteiger partial charge in [-0.2, -0.15) is 0 Å². The molecule has 1 amide bonds. The summed E-state index contributed by atoms with van der Waals surface area (Å²) in [5.74, 6) is 2.41. The van der Waals surface area contributed by atoms with E-state index in [0.717, 1.165) is 11.6 Å². The lowest BCUT2D eigenvalue weighted by molar-refractivity contribution is 0.0942. The zero-order valence-electron chi connectivity index (χ0n) is 14.7. The molecule has 4 nitrogen and oxygen atoms in total. The number of piperidine rings is 1. The summed E-state index contributed by atoms with van der Waals surface area (Å²) in [6, 6.07) is 4.16. The number of pyridine rings is 1. The molecule has 1 aromatic rings. The predicted octanol–water partition coefficient (Wildman–Crippen LogP) is 3.02. The first kappa shape index (κ1) is 16.1. The SMILES string of the molecule is Cc1ccc(C(=O)NC2[C@H]3CN(CCCC4CCCC4)C[C@@H]23)cn1. The van der Waals surface area contributed by atoms with Crippen molar-refractivity contribution in [1.29, 1.82) is 0 Å². The van der Waals surface area contributed by atoms with E-state index in [-0.39, 0.29) is 5.91 Å². The Bertz CT molecular complexity index is 567. The molecular formula is C20H29N3O. The van der Waals surface area contributed by atoms with Crippen molar-refractivity contribution in [2.24, 2.45) is 17.8 Å². The Labute approximate surface area is 145 Å². The second-order valence-corrected chi connectivity index (χ2v) is 8.07. The number of rotatable bonds is 6. The van der Waals surface area contributed by atoms with Gasteiger partial charge in [0.25, 0.3) is 5.91 Å². The topological polar surface area (TPSA) is 45.2 Å². The summed E-state index contributed by atoms with van der Waals surface area (Å²) >= 11 is 0. The molecule has 4 rings (SSSR count). The van der Waals surface area contributed by atoms with E-state index in [1.165, 1.54) is 58.2 Å². The summed E-state index contributed by atoms with van der Waals surface area (Å²) in [7, 11) is 0. The molecular weight excluding hydrogens is 298 g/mol. The van der Waals surface area contributed by atoms with E-state index in [1.54, 1.807) is 6.20 Å². The minimum Gasteiger partial charge on any atom is -0.349 e. The van der Waals surface area contributed by atoms with Crippen molar-refractivity contribution in [3.63, 3.8) is 0 Å². The number of amides is 1. The standard InChI is InChI=1S/C20H29N3O/c1-14-8-9-16(11-21-14)20(24)22-19-17-12-23(13-18(17)19)10-4-7-15-5-2-3-6-15/h8-9,11,15,17-19H,2-7,10,12-13H2,1H3,(H,22,24)/t17-,18+,19?. The maximum atomic E-state index is 12.3. The smallest absolute Gasteiger partial charge is 0.253 e. The van der Waals surface area contributed by atoms with Crippen molar-refractivity contribution in [2.75, 3.05) is 19.6 Å². The third kappa shape index (κ3) is 3.49. The van der Waals surface area contributed by atoms with Crippen LogP contribution >= 0.6 is 0 Å². The van der Waals surface area contributed by atoms with Gasteiger partial charge in [0.15, 0.2) is 0 Å². The first-order valence-corrected chi connectivity index (χ1v) is 9.66. The molecule has 0 aromatic carbocycles. The molecule has 1 N–H and O–H groups in total. The number of aromatic nitrogens is 1. The van der Waals surface area contributed by atoms with E-state index >= 15 is 0 Å². The van der Waals surface area contributed by atoms with Crippen molar-refractivity contribution >= 4 is 5.91 Å². The minimum atomic E-state index is 0.0367. The van der Waals surface area contributed by atoms with Crippen molar-refractivity contribution in [3.8, 4) is 0 Å². The van der Waals surface area contributed by atoms with Crippen molar-refractivity contribution in [3.05, 3.63) is 29.6 Å². The van der Waals surface area contributed by atoms with E-state index < -0.39 is 0 Å². The molecule has 4 heteroatoms. The molecule has 1 unspecified atom stereocenters. The van der Waals surface area contributed by atoms with Crippen LogP contribution in [0.3, 0.4) is 0 Å². The Kier molecular flexibility index (Phi) is 4.57. The van der Waals surface area contributed by atoms with E-state index in [4.69, 9.17) is 0 Å². The number of likely N-dealkylation sites (tertiary alicyclic amines) is 1. The molecule has 2 saturated carbocycles. The molecule has 3 atom stereocenters. The highest BCUT2D eigenvalue weighted by Gasteiger charge is 2.56. The summed E-state index contributed by atoms with van der Waals surface area (Å²) in [6.45, 7) is 5.54. The van der Waals surface area contributed by atoms with Gasteiger partial charge in [0.1, 0.15) is 0 Å². The highest BCUT2D eigenvalue weighted by Crippen LogP contribution is 2.45. The number of hydrogen-bond acceptors (Lipinski definition) is 3. The lowest BCUT2D eigenvalue weighted by Gasteiger charge is -2.20. The Morgan fingerprint density at radius 2 is 2.00 bits per heavy atom. The predicted molar refractivity (Wildman–Crippen MR) is 94.8 cm³/mol. The van der Waals surface area contributed by atoms with Gasteiger partial charge in [-0.25, -0.2) is 0 Å². The van der Waals surface area contributed by atoms with E-state index in [0.29, 0.717) is 23.4 Å². The summed E-state index contributed by atoms with van der Waals surface area (Å²) in [6.07, 6.45) is 10.3. The van der Waals surface area contributed by atoms with Crippen LogP contribution in [0.2, 0.25) is 0 Å². The summed E-state index contributed by atoms with van der Waals surface area (Å²) < 4.78 is 0. The van der Waals surface area contributed by atoms with Gasteiger partial charge in [-0.05, 0) is 56.2 Å². The molecule has 3 fully saturated rings. The Balaban J connectivity index is 1.17. The number of carbonyl (C=O) groups is 1. The molecule has 2 heterocycles. The van der Waals surface area contributed by atoms with Crippen LogP contribution < -0.4 is 5.32 Å². The van der Waals surface area contributed by atoms with Gasteiger partial charge in [-0.1, -0.05) is 25.7 Å². The molecule has 1 saturated heterocycles. The monoisotopic (exact) mass is 327 g/mol. The molecule has 3 aliphatic rings. The lowest BCUT2D eigenvalue weighted by atomic mass is 10.0.